The van der Waals surface area contributed by atoms with Crippen molar-refractivity contribution < 1.29 is 24.5 Å². The SMILES string of the molecule is COc1ccccc1Cn1ccc(O)c(NC(=O)N[C@@H](CC(=O)O)c2ccc(C)cc2)c1=O. The van der Waals surface area contributed by atoms with Crippen LogP contribution >= 0.6 is 0 Å². The molecule has 0 spiro atoms. The van der Waals surface area contributed by atoms with E-state index in [1.165, 1.54) is 23.9 Å². The number of rotatable bonds is 8. The number of aromatic hydroxyl groups is 1. The van der Waals surface area contributed by atoms with E-state index in [9.17, 15) is 24.6 Å². The Bertz CT molecular complexity index is 1200. The number of hydrogen-bond acceptors (Lipinski definition) is 5. The number of nitrogens with zero attached hydrogens (tertiary/aromatic N) is 1. The first kappa shape index (κ1) is 23.4. The molecule has 3 aromatic rings. The smallest absolute Gasteiger partial charge is 0.319 e. The van der Waals surface area contributed by atoms with Crippen molar-refractivity contribution in [3.63, 3.8) is 0 Å². The van der Waals surface area contributed by atoms with Crippen LogP contribution in [-0.4, -0.2) is 33.9 Å². The lowest BCUT2D eigenvalue weighted by Crippen LogP contribution is -2.36. The molecule has 0 saturated carbocycles. The van der Waals surface area contributed by atoms with E-state index in [2.05, 4.69) is 10.6 Å². The number of para-hydroxylation sites is 1. The van der Waals surface area contributed by atoms with Gasteiger partial charge in [0.05, 0.1) is 26.1 Å². The number of aliphatic carboxylic acids is 1. The first-order valence-corrected chi connectivity index (χ1v) is 10.2. The molecule has 0 radical (unpaired) electrons. The molecule has 0 saturated heterocycles. The quantitative estimate of drug-likeness (QED) is 0.416. The number of benzene rings is 2. The lowest BCUT2D eigenvalue weighted by molar-refractivity contribution is -0.137. The van der Waals surface area contributed by atoms with Crippen molar-refractivity contribution in [3.05, 3.63) is 87.8 Å². The normalized spacial score (nSPS) is 11.5. The molecule has 1 atom stereocenters. The summed E-state index contributed by atoms with van der Waals surface area (Å²) < 4.78 is 6.63. The summed E-state index contributed by atoms with van der Waals surface area (Å²) in [6.07, 6.45) is 1.06. The number of aryl methyl sites for hydroxylation is 1. The molecule has 33 heavy (non-hydrogen) atoms. The third-order valence-electron chi connectivity index (χ3n) is 5.08. The number of amides is 2. The van der Waals surface area contributed by atoms with Gasteiger partial charge in [-0.25, -0.2) is 4.79 Å². The number of anilines is 1. The summed E-state index contributed by atoms with van der Waals surface area (Å²) in [6, 6.07) is 13.9. The van der Waals surface area contributed by atoms with E-state index in [0.29, 0.717) is 11.3 Å². The van der Waals surface area contributed by atoms with Crippen LogP contribution in [0.3, 0.4) is 0 Å². The molecule has 2 amide bonds. The highest BCUT2D eigenvalue weighted by molar-refractivity contribution is 5.91. The van der Waals surface area contributed by atoms with E-state index in [1.807, 2.05) is 25.1 Å². The number of hydrogen-bond donors (Lipinski definition) is 4. The first-order valence-electron chi connectivity index (χ1n) is 10.2. The molecule has 1 heterocycles. The van der Waals surface area contributed by atoms with Crippen LogP contribution in [0.25, 0.3) is 0 Å². The maximum Gasteiger partial charge on any atom is 0.319 e. The van der Waals surface area contributed by atoms with Crippen molar-refractivity contribution in [2.75, 3.05) is 12.4 Å². The number of pyridine rings is 1. The van der Waals surface area contributed by atoms with Crippen LogP contribution in [0.2, 0.25) is 0 Å². The van der Waals surface area contributed by atoms with Crippen LogP contribution in [0.1, 0.15) is 29.2 Å². The largest absolute Gasteiger partial charge is 0.505 e. The number of nitrogens with one attached hydrogen (secondary N) is 2. The van der Waals surface area contributed by atoms with E-state index in [-0.39, 0.29) is 18.7 Å². The summed E-state index contributed by atoms with van der Waals surface area (Å²) in [4.78, 5) is 36.8. The molecule has 2 aromatic carbocycles. The van der Waals surface area contributed by atoms with Gasteiger partial charge in [-0.05, 0) is 24.6 Å². The van der Waals surface area contributed by atoms with E-state index < -0.39 is 29.4 Å². The van der Waals surface area contributed by atoms with Crippen LogP contribution in [0.15, 0.2) is 65.6 Å². The van der Waals surface area contributed by atoms with Crippen LogP contribution in [0, 0.1) is 6.92 Å². The maximum atomic E-state index is 12.9. The van der Waals surface area contributed by atoms with E-state index in [4.69, 9.17) is 4.74 Å². The number of methoxy groups -OCH3 is 1. The van der Waals surface area contributed by atoms with Gasteiger partial charge >= 0.3 is 12.0 Å². The summed E-state index contributed by atoms with van der Waals surface area (Å²) >= 11 is 0. The fourth-order valence-electron chi connectivity index (χ4n) is 3.36. The van der Waals surface area contributed by atoms with Gasteiger partial charge in [0.2, 0.25) is 0 Å². The van der Waals surface area contributed by atoms with Gasteiger partial charge in [0.1, 0.15) is 11.5 Å². The molecule has 3 rings (SSSR count). The Kier molecular flexibility index (Phi) is 7.34. The van der Waals surface area contributed by atoms with Gasteiger partial charge in [-0.2, -0.15) is 0 Å². The second kappa shape index (κ2) is 10.4. The average Bonchev–Trinajstić information content (AvgIpc) is 2.78. The molecule has 0 unspecified atom stereocenters. The Labute approximate surface area is 190 Å². The Hall–Kier alpha value is -4.27. The Balaban J connectivity index is 1.82. The van der Waals surface area contributed by atoms with Gasteiger partial charge in [-0.3, -0.25) is 9.59 Å². The van der Waals surface area contributed by atoms with Crippen molar-refractivity contribution in [3.8, 4) is 11.5 Å². The molecule has 9 nitrogen and oxygen atoms in total. The molecule has 0 bridgehead atoms. The molecule has 172 valence electrons. The van der Waals surface area contributed by atoms with Crippen molar-refractivity contribution in [2.45, 2.75) is 25.9 Å². The average molecular weight is 451 g/mol. The molecule has 4 N–H and O–H groups in total. The molecular formula is C24H25N3O6. The van der Waals surface area contributed by atoms with Gasteiger partial charge < -0.3 is 30.2 Å². The third kappa shape index (κ3) is 5.91. The molecule has 0 aliphatic carbocycles. The summed E-state index contributed by atoms with van der Waals surface area (Å²) in [5.41, 5.74) is 1.39. The van der Waals surface area contributed by atoms with Crippen molar-refractivity contribution in [1.82, 2.24) is 9.88 Å². The number of carboxylic acids is 1. The number of carboxylic acid groups (broad SMARTS) is 1. The zero-order chi connectivity index (χ0) is 24.0. The summed E-state index contributed by atoms with van der Waals surface area (Å²) in [5.74, 6) is -0.904. The van der Waals surface area contributed by atoms with Gasteiger partial charge in [-0.1, -0.05) is 48.0 Å². The first-order chi connectivity index (χ1) is 15.8. The fourth-order valence-corrected chi connectivity index (χ4v) is 3.36. The Morgan fingerprint density at radius 2 is 1.79 bits per heavy atom. The lowest BCUT2D eigenvalue weighted by atomic mass is 10.0. The minimum absolute atomic E-state index is 0.157. The molecule has 0 fully saturated rings. The zero-order valence-corrected chi connectivity index (χ0v) is 18.2. The van der Waals surface area contributed by atoms with E-state index in [0.717, 1.165) is 11.1 Å². The highest BCUT2D eigenvalue weighted by atomic mass is 16.5. The van der Waals surface area contributed by atoms with Crippen LogP contribution in [0.5, 0.6) is 11.5 Å². The highest BCUT2D eigenvalue weighted by Crippen LogP contribution is 2.22. The zero-order valence-electron chi connectivity index (χ0n) is 18.2. The van der Waals surface area contributed by atoms with Crippen LogP contribution < -0.4 is 20.9 Å². The Morgan fingerprint density at radius 1 is 1.09 bits per heavy atom. The molecule has 0 aliphatic rings. The monoisotopic (exact) mass is 451 g/mol. The predicted molar refractivity (Wildman–Crippen MR) is 123 cm³/mol. The Morgan fingerprint density at radius 3 is 2.45 bits per heavy atom. The predicted octanol–water partition coefficient (Wildman–Crippen LogP) is 3.26. The number of aromatic nitrogens is 1. The van der Waals surface area contributed by atoms with E-state index >= 15 is 0 Å². The van der Waals surface area contributed by atoms with Crippen LogP contribution in [-0.2, 0) is 11.3 Å². The van der Waals surface area contributed by atoms with E-state index in [1.54, 1.807) is 30.3 Å². The minimum atomic E-state index is -1.09. The molecule has 9 heteroatoms. The van der Waals surface area contributed by atoms with Crippen molar-refractivity contribution in [2.24, 2.45) is 0 Å². The van der Waals surface area contributed by atoms with Crippen molar-refractivity contribution >= 4 is 17.7 Å². The molecule has 1 aromatic heterocycles. The lowest BCUT2D eigenvalue weighted by Gasteiger charge is -2.19. The maximum absolute atomic E-state index is 12.9. The van der Waals surface area contributed by atoms with Crippen LogP contribution in [0.4, 0.5) is 10.5 Å². The van der Waals surface area contributed by atoms with Gasteiger partial charge in [0.25, 0.3) is 5.56 Å². The number of carbonyl (C=O) groups excluding carboxylic acids is 1. The number of urea groups is 1. The third-order valence-corrected chi connectivity index (χ3v) is 5.08. The summed E-state index contributed by atoms with van der Waals surface area (Å²) in [5, 5.41) is 24.3. The van der Waals surface area contributed by atoms with Gasteiger partial charge in [0.15, 0.2) is 5.69 Å². The van der Waals surface area contributed by atoms with Gasteiger partial charge in [0, 0.05) is 11.8 Å². The highest BCUT2D eigenvalue weighted by Gasteiger charge is 2.20. The van der Waals surface area contributed by atoms with Crippen molar-refractivity contribution in [1.29, 1.82) is 0 Å². The minimum Gasteiger partial charge on any atom is -0.505 e. The van der Waals surface area contributed by atoms with Gasteiger partial charge in [-0.15, -0.1) is 0 Å². The molecule has 0 aliphatic heterocycles. The summed E-state index contributed by atoms with van der Waals surface area (Å²) in [7, 11) is 1.53. The summed E-state index contributed by atoms with van der Waals surface area (Å²) in [6.45, 7) is 2.05. The number of carbonyl (C=O) groups is 2. The fraction of sp³-hybridized carbons (Fsp3) is 0.208. The molecular weight excluding hydrogens is 426 g/mol. The topological polar surface area (TPSA) is 130 Å². The standard InChI is InChI=1S/C24H25N3O6/c1-15-7-9-16(10-8-15)18(13-21(29)30)25-24(32)26-22-19(28)11-12-27(23(22)31)14-17-5-3-4-6-20(17)33-2/h3-12,18,28H,13-14H2,1-2H3,(H,29,30)(H2,25,26,32)/t18-/m0/s1. The second-order valence-electron chi connectivity index (χ2n) is 7.48. The second-order valence-corrected chi connectivity index (χ2v) is 7.48. The number of ether oxygens (including phenoxy) is 1.